The van der Waals surface area contributed by atoms with Gasteiger partial charge in [-0.05, 0) is 50.2 Å². The van der Waals surface area contributed by atoms with Crippen LogP contribution < -0.4 is 4.74 Å². The van der Waals surface area contributed by atoms with Crippen molar-refractivity contribution < 1.29 is 9.66 Å². The molecule has 2 aromatic heterocycles. The van der Waals surface area contributed by atoms with E-state index in [1.54, 1.807) is 25.6 Å². The van der Waals surface area contributed by atoms with Gasteiger partial charge in [-0.3, -0.25) is 19.4 Å². The summed E-state index contributed by atoms with van der Waals surface area (Å²) >= 11 is 0. The minimum atomic E-state index is -0.388. The number of rotatable bonds is 5. The van der Waals surface area contributed by atoms with Crippen LogP contribution in [0.3, 0.4) is 0 Å². The maximum absolute atomic E-state index is 11.3. The predicted molar refractivity (Wildman–Crippen MR) is 105 cm³/mol. The van der Waals surface area contributed by atoms with Crippen LogP contribution in [0.2, 0.25) is 0 Å². The molecule has 0 bridgehead atoms. The molecule has 0 unspecified atom stereocenters. The van der Waals surface area contributed by atoms with Crippen LogP contribution in [0.5, 0.6) is 5.75 Å². The first-order valence-electron chi connectivity index (χ1n) is 8.78. The molecule has 0 radical (unpaired) electrons. The van der Waals surface area contributed by atoms with Crippen LogP contribution in [0.1, 0.15) is 17.2 Å². The first-order chi connectivity index (χ1) is 13.5. The van der Waals surface area contributed by atoms with Gasteiger partial charge in [0.1, 0.15) is 29.5 Å². The second-order valence-electron chi connectivity index (χ2n) is 6.48. The van der Waals surface area contributed by atoms with Crippen molar-refractivity contribution in [2.24, 2.45) is 0 Å². The standard InChI is InChI=1S/C20H19N5O3/c1-13-20(25(26)27)14(2)23(22-13)12-19-21-17-6-4-5-7-18(17)24(19)15-8-10-16(28-3)11-9-15/h4-11H,12H2,1-3H3. The van der Waals surface area contributed by atoms with E-state index in [-0.39, 0.29) is 10.6 Å². The van der Waals surface area contributed by atoms with Gasteiger partial charge in [0.25, 0.3) is 0 Å². The number of hydrogen-bond donors (Lipinski definition) is 0. The lowest BCUT2D eigenvalue weighted by Gasteiger charge is -2.11. The molecular formula is C20H19N5O3. The number of hydrogen-bond acceptors (Lipinski definition) is 5. The summed E-state index contributed by atoms with van der Waals surface area (Å²) in [5.41, 5.74) is 3.70. The molecule has 2 aromatic carbocycles. The van der Waals surface area contributed by atoms with Crippen molar-refractivity contribution in [1.29, 1.82) is 0 Å². The quantitative estimate of drug-likeness (QED) is 0.390. The number of aromatic nitrogens is 4. The fourth-order valence-corrected chi connectivity index (χ4v) is 3.44. The number of nitro groups is 1. The molecular weight excluding hydrogens is 358 g/mol. The van der Waals surface area contributed by atoms with Crippen molar-refractivity contribution in [3.05, 3.63) is 75.9 Å². The highest BCUT2D eigenvalue weighted by Gasteiger charge is 2.23. The van der Waals surface area contributed by atoms with Crippen molar-refractivity contribution in [2.45, 2.75) is 20.4 Å². The normalized spacial score (nSPS) is 11.1. The highest BCUT2D eigenvalue weighted by molar-refractivity contribution is 5.78. The maximum Gasteiger partial charge on any atom is 0.312 e. The molecule has 0 aliphatic heterocycles. The lowest BCUT2D eigenvalue weighted by molar-refractivity contribution is -0.386. The predicted octanol–water partition coefficient (Wildman–Crippen LogP) is 3.80. The van der Waals surface area contributed by atoms with Crippen LogP contribution in [0.4, 0.5) is 5.69 Å². The lowest BCUT2D eigenvalue weighted by atomic mass is 10.2. The van der Waals surface area contributed by atoms with Gasteiger partial charge in [0.2, 0.25) is 0 Å². The fourth-order valence-electron chi connectivity index (χ4n) is 3.44. The zero-order valence-corrected chi connectivity index (χ0v) is 15.8. The second-order valence-corrected chi connectivity index (χ2v) is 6.48. The Morgan fingerprint density at radius 1 is 1.11 bits per heavy atom. The number of aryl methyl sites for hydroxylation is 1. The molecule has 0 saturated carbocycles. The molecule has 8 nitrogen and oxygen atoms in total. The van der Waals surface area contributed by atoms with E-state index in [4.69, 9.17) is 9.72 Å². The molecule has 0 amide bonds. The Balaban J connectivity index is 1.85. The first kappa shape index (κ1) is 17.7. The SMILES string of the molecule is COc1ccc(-n2c(Cn3nc(C)c([N+](=O)[O-])c3C)nc3ccccc32)cc1. The number of nitrogens with zero attached hydrogens (tertiary/aromatic N) is 5. The highest BCUT2D eigenvalue weighted by Crippen LogP contribution is 2.26. The summed E-state index contributed by atoms with van der Waals surface area (Å²) in [6.07, 6.45) is 0. The van der Waals surface area contributed by atoms with Crippen molar-refractivity contribution in [3.63, 3.8) is 0 Å². The molecule has 0 aliphatic carbocycles. The van der Waals surface area contributed by atoms with E-state index < -0.39 is 0 Å². The van der Waals surface area contributed by atoms with Crippen LogP contribution in [0.25, 0.3) is 16.7 Å². The number of fused-ring (bicyclic) bond motifs is 1. The van der Waals surface area contributed by atoms with Gasteiger partial charge in [0.15, 0.2) is 0 Å². The summed E-state index contributed by atoms with van der Waals surface area (Å²) in [5.74, 6) is 1.51. The Morgan fingerprint density at radius 3 is 2.46 bits per heavy atom. The van der Waals surface area contributed by atoms with Crippen LogP contribution in [0.15, 0.2) is 48.5 Å². The smallest absolute Gasteiger partial charge is 0.312 e. The van der Waals surface area contributed by atoms with E-state index in [0.29, 0.717) is 17.9 Å². The Bertz CT molecular complexity index is 1170. The lowest BCUT2D eigenvalue weighted by Crippen LogP contribution is -2.10. The molecule has 2 heterocycles. The topological polar surface area (TPSA) is 88.0 Å². The largest absolute Gasteiger partial charge is 0.497 e. The van der Waals surface area contributed by atoms with Crippen LogP contribution in [-0.2, 0) is 6.54 Å². The summed E-state index contributed by atoms with van der Waals surface area (Å²) in [4.78, 5) is 15.7. The number of para-hydroxylation sites is 2. The van der Waals surface area contributed by atoms with Gasteiger partial charge in [0, 0.05) is 5.69 Å². The number of imidazole rings is 1. The molecule has 0 spiro atoms. The summed E-state index contributed by atoms with van der Waals surface area (Å²) in [6, 6.07) is 15.5. The van der Waals surface area contributed by atoms with E-state index in [0.717, 1.165) is 28.3 Å². The number of methoxy groups -OCH3 is 1. The summed E-state index contributed by atoms with van der Waals surface area (Å²) in [5, 5.41) is 15.7. The Kier molecular flexibility index (Phi) is 4.31. The molecule has 0 aliphatic rings. The molecule has 28 heavy (non-hydrogen) atoms. The molecule has 8 heteroatoms. The Labute approximate surface area is 161 Å². The van der Waals surface area contributed by atoms with Crippen LogP contribution >= 0.6 is 0 Å². The molecule has 0 N–H and O–H groups in total. The van der Waals surface area contributed by atoms with E-state index in [9.17, 15) is 10.1 Å². The molecule has 0 fully saturated rings. The van der Waals surface area contributed by atoms with Gasteiger partial charge in [-0.1, -0.05) is 12.1 Å². The third kappa shape index (κ3) is 2.88. The van der Waals surface area contributed by atoms with E-state index >= 15 is 0 Å². The molecule has 4 aromatic rings. The minimum absolute atomic E-state index is 0.0482. The van der Waals surface area contributed by atoms with Crippen molar-refractivity contribution in [3.8, 4) is 11.4 Å². The van der Waals surface area contributed by atoms with Gasteiger partial charge in [-0.25, -0.2) is 4.98 Å². The molecule has 0 saturated heterocycles. The summed E-state index contributed by atoms with van der Waals surface area (Å²) in [6.45, 7) is 3.67. The summed E-state index contributed by atoms with van der Waals surface area (Å²) in [7, 11) is 1.63. The van der Waals surface area contributed by atoms with Gasteiger partial charge in [0.05, 0.1) is 23.1 Å². The summed E-state index contributed by atoms with van der Waals surface area (Å²) < 4.78 is 8.92. The molecule has 4 rings (SSSR count). The third-order valence-electron chi connectivity index (χ3n) is 4.78. The van der Waals surface area contributed by atoms with Gasteiger partial charge < -0.3 is 4.74 Å². The number of ether oxygens (including phenoxy) is 1. The molecule has 142 valence electrons. The van der Waals surface area contributed by atoms with Crippen molar-refractivity contribution >= 4 is 16.7 Å². The average Bonchev–Trinajstić information content (AvgIpc) is 3.18. The maximum atomic E-state index is 11.3. The monoisotopic (exact) mass is 377 g/mol. The third-order valence-corrected chi connectivity index (χ3v) is 4.78. The van der Waals surface area contributed by atoms with E-state index in [2.05, 4.69) is 5.10 Å². The van der Waals surface area contributed by atoms with Crippen molar-refractivity contribution in [2.75, 3.05) is 7.11 Å². The van der Waals surface area contributed by atoms with Gasteiger partial charge in [-0.15, -0.1) is 0 Å². The average molecular weight is 377 g/mol. The highest BCUT2D eigenvalue weighted by atomic mass is 16.6. The number of benzene rings is 2. The Hall–Kier alpha value is -3.68. The van der Waals surface area contributed by atoms with E-state index in [1.807, 2.05) is 53.1 Å². The van der Waals surface area contributed by atoms with Gasteiger partial charge in [-0.2, -0.15) is 5.10 Å². The van der Waals surface area contributed by atoms with Crippen LogP contribution in [-0.4, -0.2) is 31.4 Å². The molecule has 0 atom stereocenters. The zero-order chi connectivity index (χ0) is 19.8. The Morgan fingerprint density at radius 2 is 1.82 bits per heavy atom. The fraction of sp³-hybridized carbons (Fsp3) is 0.200. The van der Waals surface area contributed by atoms with E-state index in [1.165, 1.54) is 0 Å². The first-order valence-corrected chi connectivity index (χ1v) is 8.78. The van der Waals surface area contributed by atoms with Gasteiger partial charge >= 0.3 is 5.69 Å². The zero-order valence-electron chi connectivity index (χ0n) is 15.8. The van der Waals surface area contributed by atoms with Crippen LogP contribution in [0, 0.1) is 24.0 Å². The minimum Gasteiger partial charge on any atom is -0.497 e. The van der Waals surface area contributed by atoms with Crippen molar-refractivity contribution in [1.82, 2.24) is 19.3 Å². The second kappa shape index (κ2) is 6.80.